The van der Waals surface area contributed by atoms with Gasteiger partial charge in [-0.05, 0) is 31.9 Å². The monoisotopic (exact) mass is 392 g/mol. The Balaban J connectivity index is 1.45. The van der Waals surface area contributed by atoms with Gasteiger partial charge in [0.25, 0.3) is 0 Å². The fraction of sp³-hybridized carbons (Fsp3) is 0.500. The number of anilines is 2. The second-order valence-corrected chi connectivity index (χ2v) is 8.06. The molecule has 7 heteroatoms. The normalized spacial score (nSPS) is 25.1. The number of hydrogen-bond acceptors (Lipinski definition) is 6. The highest BCUT2D eigenvalue weighted by Gasteiger charge is 2.48. The number of hydrogen-bond donors (Lipinski definition) is 0. The first-order valence-electron chi connectivity index (χ1n) is 10.5. The van der Waals surface area contributed by atoms with Gasteiger partial charge in [0.2, 0.25) is 0 Å². The van der Waals surface area contributed by atoms with Gasteiger partial charge in [0.15, 0.2) is 0 Å². The number of likely N-dealkylation sites (tertiary alicyclic amines) is 1. The Kier molecular flexibility index (Phi) is 4.83. The SMILES string of the molecule is C/C=C\N=C\N1CCC12CCN(c1nc(N3CCOCC3)cc3ncccc13)C2. The Hall–Kier alpha value is -2.67. The molecule has 0 aromatic carbocycles. The van der Waals surface area contributed by atoms with Crippen LogP contribution in [0.3, 0.4) is 0 Å². The minimum absolute atomic E-state index is 0.191. The third-order valence-corrected chi connectivity index (χ3v) is 6.40. The number of aliphatic imine (C=N–C) groups is 1. The van der Waals surface area contributed by atoms with E-state index in [4.69, 9.17) is 9.72 Å². The molecule has 152 valence electrons. The number of ether oxygens (including phenoxy) is 1. The fourth-order valence-electron chi connectivity index (χ4n) is 4.66. The standard InChI is InChI=1S/C22H28N6O/c1-2-7-23-17-28-10-6-22(28)5-9-27(16-22)21-18-4-3-8-24-19(18)15-20(25-21)26-11-13-29-14-12-26/h2-4,7-8,15,17H,5-6,9-14,16H2,1H3/b7-2-,23-17+. The predicted molar refractivity (Wildman–Crippen MR) is 117 cm³/mol. The number of rotatable bonds is 4. The maximum Gasteiger partial charge on any atom is 0.140 e. The van der Waals surface area contributed by atoms with Crippen LogP contribution >= 0.6 is 0 Å². The minimum Gasteiger partial charge on any atom is -0.378 e. The molecule has 0 bridgehead atoms. The van der Waals surface area contributed by atoms with Crippen molar-refractivity contribution in [2.24, 2.45) is 4.99 Å². The summed E-state index contributed by atoms with van der Waals surface area (Å²) in [5, 5.41) is 1.13. The molecular formula is C22H28N6O. The predicted octanol–water partition coefficient (Wildman–Crippen LogP) is 2.68. The van der Waals surface area contributed by atoms with Crippen molar-refractivity contribution in [3.63, 3.8) is 0 Å². The molecule has 5 rings (SSSR count). The third kappa shape index (κ3) is 3.33. The lowest BCUT2D eigenvalue weighted by atomic mass is 9.84. The third-order valence-electron chi connectivity index (χ3n) is 6.40. The van der Waals surface area contributed by atoms with Gasteiger partial charge >= 0.3 is 0 Å². The van der Waals surface area contributed by atoms with Gasteiger partial charge < -0.3 is 19.4 Å². The summed E-state index contributed by atoms with van der Waals surface area (Å²) < 4.78 is 5.52. The van der Waals surface area contributed by atoms with Crippen LogP contribution in [0, 0.1) is 0 Å². The van der Waals surface area contributed by atoms with E-state index in [0.29, 0.717) is 0 Å². The summed E-state index contributed by atoms with van der Waals surface area (Å²) in [6, 6.07) is 6.27. The summed E-state index contributed by atoms with van der Waals surface area (Å²) in [7, 11) is 0. The second-order valence-electron chi connectivity index (χ2n) is 8.06. The van der Waals surface area contributed by atoms with E-state index in [0.717, 1.165) is 74.9 Å². The molecule has 3 aliphatic heterocycles. The Morgan fingerprint density at radius 3 is 2.79 bits per heavy atom. The van der Waals surface area contributed by atoms with Crippen LogP contribution in [0.4, 0.5) is 11.6 Å². The number of aromatic nitrogens is 2. The highest BCUT2D eigenvalue weighted by Crippen LogP contribution is 2.41. The van der Waals surface area contributed by atoms with Gasteiger partial charge in [-0.2, -0.15) is 0 Å². The smallest absolute Gasteiger partial charge is 0.140 e. The van der Waals surface area contributed by atoms with Crippen molar-refractivity contribution in [3.8, 4) is 0 Å². The van der Waals surface area contributed by atoms with Crippen molar-refractivity contribution >= 4 is 28.9 Å². The van der Waals surface area contributed by atoms with Crippen molar-refractivity contribution in [3.05, 3.63) is 36.7 Å². The van der Waals surface area contributed by atoms with Gasteiger partial charge in [-0.15, -0.1) is 0 Å². The summed E-state index contributed by atoms with van der Waals surface area (Å²) >= 11 is 0. The summed E-state index contributed by atoms with van der Waals surface area (Å²) in [5.41, 5.74) is 1.20. The highest BCUT2D eigenvalue weighted by atomic mass is 16.5. The van der Waals surface area contributed by atoms with Crippen molar-refractivity contribution in [2.45, 2.75) is 25.3 Å². The Morgan fingerprint density at radius 1 is 1.14 bits per heavy atom. The van der Waals surface area contributed by atoms with Crippen LogP contribution in [0.5, 0.6) is 0 Å². The quantitative estimate of drug-likeness (QED) is 0.589. The molecular weight excluding hydrogens is 364 g/mol. The highest BCUT2D eigenvalue weighted by molar-refractivity contribution is 5.92. The van der Waals surface area contributed by atoms with Crippen molar-refractivity contribution in [1.29, 1.82) is 0 Å². The van der Waals surface area contributed by atoms with Crippen LogP contribution in [-0.2, 0) is 4.74 Å². The van der Waals surface area contributed by atoms with Gasteiger partial charge in [-0.3, -0.25) is 4.98 Å². The molecule has 3 aliphatic rings. The lowest BCUT2D eigenvalue weighted by Gasteiger charge is -2.49. The Labute approximate surface area is 171 Å². The van der Waals surface area contributed by atoms with Crippen molar-refractivity contribution in [2.75, 3.05) is 55.7 Å². The number of pyridine rings is 2. The number of nitrogens with zero attached hydrogens (tertiary/aromatic N) is 6. The zero-order valence-electron chi connectivity index (χ0n) is 17.0. The second kappa shape index (κ2) is 7.63. The van der Waals surface area contributed by atoms with Crippen LogP contribution in [0.1, 0.15) is 19.8 Å². The Bertz CT molecular complexity index is 938. The van der Waals surface area contributed by atoms with Gasteiger partial charge in [-0.25, -0.2) is 9.98 Å². The van der Waals surface area contributed by atoms with E-state index in [1.807, 2.05) is 37.8 Å². The number of morpholine rings is 1. The average Bonchev–Trinajstić information content (AvgIpc) is 3.24. The Morgan fingerprint density at radius 2 is 2.00 bits per heavy atom. The van der Waals surface area contributed by atoms with Crippen LogP contribution in [-0.4, -0.2) is 72.7 Å². The maximum atomic E-state index is 5.52. The zero-order chi connectivity index (χ0) is 19.7. The summed E-state index contributed by atoms with van der Waals surface area (Å²) in [6.07, 6.45) is 10.0. The van der Waals surface area contributed by atoms with E-state index in [-0.39, 0.29) is 5.54 Å². The van der Waals surface area contributed by atoms with E-state index < -0.39 is 0 Å². The van der Waals surface area contributed by atoms with E-state index >= 15 is 0 Å². The molecule has 3 saturated heterocycles. The fourth-order valence-corrected chi connectivity index (χ4v) is 4.66. The molecule has 0 aliphatic carbocycles. The molecule has 3 fully saturated rings. The minimum atomic E-state index is 0.191. The van der Waals surface area contributed by atoms with Gasteiger partial charge in [0.1, 0.15) is 11.6 Å². The van der Waals surface area contributed by atoms with Crippen molar-refractivity contribution in [1.82, 2.24) is 14.9 Å². The molecule has 29 heavy (non-hydrogen) atoms. The van der Waals surface area contributed by atoms with Crippen LogP contribution in [0.25, 0.3) is 10.9 Å². The number of allylic oxidation sites excluding steroid dienone is 1. The molecule has 2 aromatic heterocycles. The van der Waals surface area contributed by atoms with E-state index in [1.165, 1.54) is 6.42 Å². The lowest BCUT2D eigenvalue weighted by Crippen LogP contribution is -2.60. The first kappa shape index (κ1) is 18.4. The summed E-state index contributed by atoms with van der Waals surface area (Å²) in [5.74, 6) is 2.07. The van der Waals surface area contributed by atoms with Crippen LogP contribution in [0.2, 0.25) is 0 Å². The largest absolute Gasteiger partial charge is 0.378 e. The molecule has 7 nitrogen and oxygen atoms in total. The lowest BCUT2D eigenvalue weighted by molar-refractivity contribution is 0.0844. The molecule has 5 heterocycles. The molecule has 0 amide bonds. The summed E-state index contributed by atoms with van der Waals surface area (Å²) in [6.45, 7) is 8.34. The topological polar surface area (TPSA) is 57.1 Å². The maximum absolute atomic E-state index is 5.52. The first-order valence-corrected chi connectivity index (χ1v) is 10.5. The molecule has 0 N–H and O–H groups in total. The van der Waals surface area contributed by atoms with Crippen LogP contribution < -0.4 is 9.80 Å². The molecule has 1 spiro atoms. The number of fused-ring (bicyclic) bond motifs is 1. The van der Waals surface area contributed by atoms with Gasteiger partial charge in [0, 0.05) is 56.6 Å². The van der Waals surface area contributed by atoms with Gasteiger partial charge in [-0.1, -0.05) is 6.08 Å². The summed E-state index contributed by atoms with van der Waals surface area (Å²) in [4.78, 5) is 21.3. The molecule has 0 radical (unpaired) electrons. The van der Waals surface area contributed by atoms with E-state index in [9.17, 15) is 0 Å². The average molecular weight is 393 g/mol. The van der Waals surface area contributed by atoms with Gasteiger partial charge in [0.05, 0.1) is 30.6 Å². The molecule has 2 aromatic rings. The van der Waals surface area contributed by atoms with E-state index in [2.05, 4.69) is 36.8 Å². The zero-order valence-corrected chi connectivity index (χ0v) is 17.0. The van der Waals surface area contributed by atoms with Crippen molar-refractivity contribution < 1.29 is 4.74 Å². The molecule has 1 unspecified atom stereocenters. The molecule has 0 saturated carbocycles. The first-order chi connectivity index (χ1) is 14.3. The van der Waals surface area contributed by atoms with E-state index in [1.54, 1.807) is 0 Å². The molecule has 1 atom stereocenters. The van der Waals surface area contributed by atoms with Crippen LogP contribution in [0.15, 0.2) is 41.7 Å².